The summed E-state index contributed by atoms with van der Waals surface area (Å²) < 4.78 is 18.3. The number of ether oxygens (including phenoxy) is 1. The minimum atomic E-state index is -0.668. The Morgan fingerprint density at radius 3 is 2.79 bits per heavy atom. The van der Waals surface area contributed by atoms with Gasteiger partial charge in [0.1, 0.15) is 5.82 Å². The highest BCUT2D eigenvalue weighted by Gasteiger charge is 2.28. The minimum absolute atomic E-state index is 0.0496. The summed E-state index contributed by atoms with van der Waals surface area (Å²) in [6.45, 7) is 1.27. The standard InChI is InChI=1S/C14H18FNO3/c1-19-14(18)12-5-2-10(8-13(12)15)9-16(6-7-17)11-3-4-11/h2,5,8,11,17H,3-4,6-7,9H2,1H3. The Morgan fingerprint density at radius 2 is 2.26 bits per heavy atom. The molecule has 104 valence electrons. The molecule has 1 aliphatic rings. The van der Waals surface area contributed by atoms with E-state index in [2.05, 4.69) is 9.64 Å². The largest absolute Gasteiger partial charge is 0.465 e. The van der Waals surface area contributed by atoms with E-state index >= 15 is 0 Å². The molecule has 0 spiro atoms. The Labute approximate surface area is 111 Å². The number of halogens is 1. The van der Waals surface area contributed by atoms with E-state index in [9.17, 15) is 9.18 Å². The molecule has 0 atom stereocenters. The first-order valence-corrected chi connectivity index (χ1v) is 6.37. The van der Waals surface area contributed by atoms with E-state index in [1.807, 2.05) is 0 Å². The fourth-order valence-corrected chi connectivity index (χ4v) is 2.13. The topological polar surface area (TPSA) is 49.8 Å². The maximum Gasteiger partial charge on any atom is 0.340 e. The van der Waals surface area contributed by atoms with Gasteiger partial charge in [0, 0.05) is 19.1 Å². The highest BCUT2D eigenvalue weighted by Crippen LogP contribution is 2.28. The molecule has 2 rings (SSSR count). The van der Waals surface area contributed by atoms with Gasteiger partial charge in [0.25, 0.3) is 0 Å². The number of carbonyl (C=O) groups is 1. The average Bonchev–Trinajstić information content (AvgIpc) is 3.22. The van der Waals surface area contributed by atoms with Crippen LogP contribution in [0.2, 0.25) is 0 Å². The van der Waals surface area contributed by atoms with Crippen molar-refractivity contribution in [1.82, 2.24) is 4.90 Å². The second kappa shape index (κ2) is 6.12. The van der Waals surface area contributed by atoms with Gasteiger partial charge in [-0.1, -0.05) is 6.07 Å². The molecular weight excluding hydrogens is 249 g/mol. The van der Waals surface area contributed by atoms with Crippen LogP contribution in [0.15, 0.2) is 18.2 Å². The molecule has 1 saturated carbocycles. The Balaban J connectivity index is 2.08. The van der Waals surface area contributed by atoms with Crippen LogP contribution in [0.1, 0.15) is 28.8 Å². The summed E-state index contributed by atoms with van der Waals surface area (Å²) in [6, 6.07) is 5.03. The van der Waals surface area contributed by atoms with Crippen molar-refractivity contribution in [3.8, 4) is 0 Å². The zero-order valence-electron chi connectivity index (χ0n) is 10.9. The average molecular weight is 267 g/mol. The number of rotatable bonds is 6. The maximum absolute atomic E-state index is 13.8. The molecule has 1 fully saturated rings. The zero-order valence-corrected chi connectivity index (χ0v) is 10.9. The molecule has 1 aromatic carbocycles. The third-order valence-corrected chi connectivity index (χ3v) is 3.27. The van der Waals surface area contributed by atoms with Crippen molar-refractivity contribution >= 4 is 5.97 Å². The van der Waals surface area contributed by atoms with Crippen molar-refractivity contribution in [2.45, 2.75) is 25.4 Å². The quantitative estimate of drug-likeness (QED) is 0.795. The van der Waals surface area contributed by atoms with Gasteiger partial charge in [-0.25, -0.2) is 9.18 Å². The zero-order chi connectivity index (χ0) is 13.8. The van der Waals surface area contributed by atoms with Crippen molar-refractivity contribution < 1.29 is 19.0 Å². The number of carbonyl (C=O) groups excluding carboxylic acids is 1. The molecule has 4 nitrogen and oxygen atoms in total. The summed E-state index contributed by atoms with van der Waals surface area (Å²) in [4.78, 5) is 13.4. The van der Waals surface area contributed by atoms with Crippen LogP contribution in [0.3, 0.4) is 0 Å². The van der Waals surface area contributed by atoms with Crippen molar-refractivity contribution in [3.05, 3.63) is 35.1 Å². The van der Waals surface area contributed by atoms with E-state index in [0.29, 0.717) is 19.1 Å². The summed E-state index contributed by atoms with van der Waals surface area (Å²) in [5, 5.41) is 9.02. The van der Waals surface area contributed by atoms with E-state index in [1.165, 1.54) is 19.2 Å². The lowest BCUT2D eigenvalue weighted by Crippen LogP contribution is -2.28. The molecule has 0 saturated heterocycles. The molecule has 1 aromatic rings. The van der Waals surface area contributed by atoms with Gasteiger partial charge in [0.2, 0.25) is 0 Å². The normalized spacial score (nSPS) is 14.7. The Hall–Kier alpha value is -1.46. The number of esters is 1. The van der Waals surface area contributed by atoms with Gasteiger partial charge < -0.3 is 9.84 Å². The predicted octanol–water partition coefficient (Wildman–Crippen LogP) is 1.57. The molecule has 0 aliphatic heterocycles. The molecule has 0 unspecified atom stereocenters. The number of aliphatic hydroxyl groups excluding tert-OH is 1. The van der Waals surface area contributed by atoms with Crippen LogP contribution in [0.5, 0.6) is 0 Å². The van der Waals surface area contributed by atoms with Crippen LogP contribution in [-0.4, -0.2) is 42.3 Å². The van der Waals surface area contributed by atoms with Gasteiger partial charge in [0.05, 0.1) is 19.3 Å². The van der Waals surface area contributed by atoms with Gasteiger partial charge in [0.15, 0.2) is 0 Å². The van der Waals surface area contributed by atoms with Gasteiger partial charge in [-0.05, 0) is 30.5 Å². The molecular formula is C14H18FNO3. The van der Waals surface area contributed by atoms with Crippen LogP contribution in [0, 0.1) is 5.82 Å². The van der Waals surface area contributed by atoms with E-state index in [0.717, 1.165) is 18.4 Å². The first-order chi connectivity index (χ1) is 9.15. The molecule has 0 heterocycles. The lowest BCUT2D eigenvalue weighted by molar-refractivity contribution is 0.0595. The van der Waals surface area contributed by atoms with Crippen LogP contribution in [0.25, 0.3) is 0 Å². The van der Waals surface area contributed by atoms with E-state index in [4.69, 9.17) is 5.11 Å². The highest BCUT2D eigenvalue weighted by molar-refractivity contribution is 5.89. The fourth-order valence-electron chi connectivity index (χ4n) is 2.13. The number of hydrogen-bond acceptors (Lipinski definition) is 4. The first-order valence-electron chi connectivity index (χ1n) is 6.37. The number of hydrogen-bond donors (Lipinski definition) is 1. The molecule has 0 aromatic heterocycles. The third kappa shape index (κ3) is 3.52. The van der Waals surface area contributed by atoms with Crippen LogP contribution in [-0.2, 0) is 11.3 Å². The maximum atomic E-state index is 13.8. The monoisotopic (exact) mass is 267 g/mol. The van der Waals surface area contributed by atoms with Crippen LogP contribution < -0.4 is 0 Å². The predicted molar refractivity (Wildman–Crippen MR) is 68.3 cm³/mol. The van der Waals surface area contributed by atoms with E-state index in [1.54, 1.807) is 6.07 Å². The lowest BCUT2D eigenvalue weighted by Gasteiger charge is -2.21. The SMILES string of the molecule is COC(=O)c1ccc(CN(CCO)C2CC2)cc1F. The van der Waals surface area contributed by atoms with E-state index < -0.39 is 11.8 Å². The highest BCUT2D eigenvalue weighted by atomic mass is 19.1. The Bertz CT molecular complexity index is 460. The summed E-state index contributed by atoms with van der Waals surface area (Å²) in [5.41, 5.74) is 0.747. The number of nitrogens with zero attached hydrogens (tertiary/aromatic N) is 1. The third-order valence-electron chi connectivity index (χ3n) is 3.27. The number of aliphatic hydroxyl groups is 1. The summed E-state index contributed by atoms with van der Waals surface area (Å²) in [7, 11) is 1.23. The molecule has 0 amide bonds. The van der Waals surface area contributed by atoms with Gasteiger partial charge in [-0.15, -0.1) is 0 Å². The summed E-state index contributed by atoms with van der Waals surface area (Å²) in [5.74, 6) is -1.23. The van der Waals surface area contributed by atoms with E-state index in [-0.39, 0.29) is 12.2 Å². The van der Waals surface area contributed by atoms with Crippen molar-refractivity contribution in [1.29, 1.82) is 0 Å². The molecule has 19 heavy (non-hydrogen) atoms. The summed E-state index contributed by atoms with van der Waals surface area (Å²) in [6.07, 6.45) is 2.26. The number of benzene rings is 1. The van der Waals surface area contributed by atoms with Gasteiger partial charge >= 0.3 is 5.97 Å². The van der Waals surface area contributed by atoms with Crippen molar-refractivity contribution in [2.75, 3.05) is 20.3 Å². The first kappa shape index (κ1) is 14.0. The van der Waals surface area contributed by atoms with Crippen molar-refractivity contribution in [3.63, 3.8) is 0 Å². The van der Waals surface area contributed by atoms with Crippen molar-refractivity contribution in [2.24, 2.45) is 0 Å². The molecule has 0 bridgehead atoms. The Morgan fingerprint density at radius 1 is 1.53 bits per heavy atom. The van der Waals surface area contributed by atoms with Gasteiger partial charge in [-0.2, -0.15) is 0 Å². The molecule has 5 heteroatoms. The summed E-state index contributed by atoms with van der Waals surface area (Å²) >= 11 is 0. The second-order valence-corrected chi connectivity index (χ2v) is 4.73. The Kier molecular flexibility index (Phi) is 4.50. The lowest BCUT2D eigenvalue weighted by atomic mass is 10.1. The van der Waals surface area contributed by atoms with Crippen LogP contribution >= 0.6 is 0 Å². The van der Waals surface area contributed by atoms with Gasteiger partial charge in [-0.3, -0.25) is 4.90 Å². The molecule has 1 aliphatic carbocycles. The smallest absolute Gasteiger partial charge is 0.340 e. The molecule has 1 N–H and O–H groups in total. The van der Waals surface area contributed by atoms with Crippen LogP contribution in [0.4, 0.5) is 4.39 Å². The number of methoxy groups -OCH3 is 1. The second-order valence-electron chi connectivity index (χ2n) is 4.73. The fraction of sp³-hybridized carbons (Fsp3) is 0.500. The molecule has 0 radical (unpaired) electrons. The minimum Gasteiger partial charge on any atom is -0.465 e.